The van der Waals surface area contributed by atoms with Gasteiger partial charge in [0.1, 0.15) is 5.82 Å². The number of nitro groups is 1. The van der Waals surface area contributed by atoms with Crippen molar-refractivity contribution in [2.24, 2.45) is 0 Å². The molecule has 0 saturated heterocycles. The van der Waals surface area contributed by atoms with Crippen LogP contribution in [0.1, 0.15) is 21.5 Å². The van der Waals surface area contributed by atoms with Crippen LogP contribution in [0.15, 0.2) is 67.1 Å². The molecule has 0 fully saturated rings. The van der Waals surface area contributed by atoms with Crippen molar-refractivity contribution in [3.05, 3.63) is 105 Å². The van der Waals surface area contributed by atoms with Gasteiger partial charge in [-0.1, -0.05) is 41.9 Å². The van der Waals surface area contributed by atoms with Crippen molar-refractivity contribution >= 4 is 29.0 Å². The molecule has 0 saturated carbocycles. The average molecular weight is 455 g/mol. The van der Waals surface area contributed by atoms with E-state index < -0.39 is 10.7 Å². The third kappa shape index (κ3) is 4.81. The van der Waals surface area contributed by atoms with Gasteiger partial charge < -0.3 is 15.4 Å². The van der Waals surface area contributed by atoms with Crippen molar-refractivity contribution in [2.45, 2.75) is 13.1 Å². The van der Waals surface area contributed by atoms with Gasteiger partial charge in [0.25, 0.3) is 5.91 Å². The SMILES string of the molecule is O=C(Nc1cnn(Cc2ccccc2F)c1)c1ccc(Cn2cc(Cl)c([N+](=O)[O-])n2)cc1. The minimum Gasteiger partial charge on any atom is -0.358 e. The van der Waals surface area contributed by atoms with E-state index in [0.29, 0.717) is 16.8 Å². The molecule has 0 bridgehead atoms. The van der Waals surface area contributed by atoms with E-state index in [0.717, 1.165) is 5.56 Å². The van der Waals surface area contributed by atoms with Crippen molar-refractivity contribution in [3.8, 4) is 0 Å². The van der Waals surface area contributed by atoms with Gasteiger partial charge in [0.2, 0.25) is 0 Å². The quantitative estimate of drug-likeness (QED) is 0.333. The summed E-state index contributed by atoms with van der Waals surface area (Å²) in [6.07, 6.45) is 4.48. The first-order valence-electron chi connectivity index (χ1n) is 9.42. The zero-order valence-electron chi connectivity index (χ0n) is 16.5. The maximum absolute atomic E-state index is 13.8. The molecule has 1 N–H and O–H groups in total. The van der Waals surface area contributed by atoms with Gasteiger partial charge >= 0.3 is 5.82 Å². The molecule has 162 valence electrons. The molecular formula is C21H16ClFN6O3. The Morgan fingerprint density at radius 2 is 1.84 bits per heavy atom. The maximum atomic E-state index is 13.8. The lowest BCUT2D eigenvalue weighted by molar-refractivity contribution is -0.389. The van der Waals surface area contributed by atoms with Crippen LogP contribution in [0.4, 0.5) is 15.9 Å². The van der Waals surface area contributed by atoms with Crippen molar-refractivity contribution in [2.75, 3.05) is 5.32 Å². The highest BCUT2D eigenvalue weighted by molar-refractivity contribution is 6.32. The van der Waals surface area contributed by atoms with Crippen LogP contribution in [-0.4, -0.2) is 30.4 Å². The number of benzene rings is 2. The van der Waals surface area contributed by atoms with E-state index in [1.54, 1.807) is 48.7 Å². The largest absolute Gasteiger partial charge is 0.408 e. The van der Waals surface area contributed by atoms with E-state index >= 15 is 0 Å². The normalized spacial score (nSPS) is 10.8. The minimum absolute atomic E-state index is 0.0402. The summed E-state index contributed by atoms with van der Waals surface area (Å²) in [4.78, 5) is 22.7. The zero-order chi connectivity index (χ0) is 22.7. The molecule has 0 radical (unpaired) electrons. The van der Waals surface area contributed by atoms with Gasteiger partial charge in [0.15, 0.2) is 5.02 Å². The van der Waals surface area contributed by atoms with Crippen LogP contribution in [0.5, 0.6) is 0 Å². The topological polar surface area (TPSA) is 108 Å². The number of hydrogen-bond donors (Lipinski definition) is 1. The summed E-state index contributed by atoms with van der Waals surface area (Å²) in [6.45, 7) is 0.505. The lowest BCUT2D eigenvalue weighted by Crippen LogP contribution is -2.11. The zero-order valence-corrected chi connectivity index (χ0v) is 17.2. The van der Waals surface area contributed by atoms with E-state index in [1.807, 2.05) is 0 Å². The summed E-state index contributed by atoms with van der Waals surface area (Å²) < 4.78 is 16.7. The Hall–Kier alpha value is -4.05. The molecule has 0 atom stereocenters. The number of anilines is 1. The Bertz CT molecular complexity index is 1280. The number of rotatable bonds is 7. The summed E-state index contributed by atoms with van der Waals surface area (Å²) in [5.41, 5.74) is 2.18. The summed E-state index contributed by atoms with van der Waals surface area (Å²) in [5.74, 6) is -1.06. The predicted molar refractivity (Wildman–Crippen MR) is 115 cm³/mol. The van der Waals surface area contributed by atoms with Gasteiger partial charge in [-0.05, 0) is 28.7 Å². The highest BCUT2D eigenvalue weighted by atomic mass is 35.5. The number of carbonyl (C=O) groups excluding carboxylic acids is 1. The maximum Gasteiger partial charge on any atom is 0.408 e. The first-order chi connectivity index (χ1) is 15.4. The Kier molecular flexibility index (Phi) is 5.95. The number of nitrogens with zero attached hydrogens (tertiary/aromatic N) is 5. The predicted octanol–water partition coefficient (Wildman–Crippen LogP) is 4.13. The van der Waals surface area contributed by atoms with Crippen LogP contribution in [0.2, 0.25) is 5.02 Å². The molecular weight excluding hydrogens is 439 g/mol. The molecule has 11 heteroatoms. The molecule has 0 aliphatic rings. The smallest absolute Gasteiger partial charge is 0.358 e. The third-order valence-corrected chi connectivity index (χ3v) is 4.88. The van der Waals surface area contributed by atoms with Gasteiger partial charge in [0.05, 0.1) is 36.3 Å². The number of aromatic nitrogens is 4. The molecule has 0 aliphatic carbocycles. The first-order valence-corrected chi connectivity index (χ1v) is 9.80. The second-order valence-corrected chi connectivity index (χ2v) is 7.33. The molecule has 4 aromatic rings. The van der Waals surface area contributed by atoms with Crippen LogP contribution in [0, 0.1) is 15.9 Å². The van der Waals surface area contributed by atoms with Gasteiger partial charge in [-0.2, -0.15) is 9.78 Å². The number of carbonyl (C=O) groups is 1. The summed E-state index contributed by atoms with van der Waals surface area (Å²) >= 11 is 5.80. The number of halogens is 2. The molecule has 2 aromatic heterocycles. The summed E-state index contributed by atoms with van der Waals surface area (Å²) in [5, 5.41) is 21.5. The van der Waals surface area contributed by atoms with Crippen LogP contribution in [0.3, 0.4) is 0 Å². The molecule has 32 heavy (non-hydrogen) atoms. The summed E-state index contributed by atoms with van der Waals surface area (Å²) in [7, 11) is 0. The average Bonchev–Trinajstić information content (AvgIpc) is 3.36. The molecule has 2 heterocycles. The van der Waals surface area contributed by atoms with Crippen LogP contribution >= 0.6 is 11.6 Å². The lowest BCUT2D eigenvalue weighted by atomic mass is 10.1. The van der Waals surface area contributed by atoms with E-state index in [9.17, 15) is 19.3 Å². The Labute approximate surface area is 186 Å². The Morgan fingerprint density at radius 1 is 1.09 bits per heavy atom. The van der Waals surface area contributed by atoms with E-state index in [2.05, 4.69) is 15.5 Å². The van der Waals surface area contributed by atoms with Crippen LogP contribution < -0.4 is 5.32 Å². The molecule has 9 nitrogen and oxygen atoms in total. The molecule has 0 aliphatic heterocycles. The lowest BCUT2D eigenvalue weighted by Gasteiger charge is -2.05. The fourth-order valence-corrected chi connectivity index (χ4v) is 3.28. The minimum atomic E-state index is -0.648. The van der Waals surface area contributed by atoms with E-state index in [-0.39, 0.29) is 29.8 Å². The second-order valence-electron chi connectivity index (χ2n) is 6.92. The first kappa shape index (κ1) is 21.2. The Morgan fingerprint density at radius 3 is 2.53 bits per heavy atom. The van der Waals surface area contributed by atoms with Crippen LogP contribution in [-0.2, 0) is 13.1 Å². The van der Waals surface area contributed by atoms with Crippen molar-refractivity contribution in [1.29, 1.82) is 0 Å². The van der Waals surface area contributed by atoms with Crippen molar-refractivity contribution in [3.63, 3.8) is 0 Å². The van der Waals surface area contributed by atoms with Gasteiger partial charge in [0, 0.05) is 17.3 Å². The number of amides is 1. The molecule has 4 rings (SSSR count). The molecule has 2 aromatic carbocycles. The highest BCUT2D eigenvalue weighted by Gasteiger charge is 2.19. The van der Waals surface area contributed by atoms with E-state index in [4.69, 9.17) is 11.6 Å². The fourth-order valence-electron chi connectivity index (χ4n) is 3.06. The summed E-state index contributed by atoms with van der Waals surface area (Å²) in [6, 6.07) is 13.1. The Balaban J connectivity index is 1.38. The second kappa shape index (κ2) is 8.98. The highest BCUT2D eigenvalue weighted by Crippen LogP contribution is 2.22. The third-order valence-electron chi connectivity index (χ3n) is 4.61. The molecule has 0 spiro atoms. The van der Waals surface area contributed by atoms with Crippen molar-refractivity contribution < 1.29 is 14.1 Å². The van der Waals surface area contributed by atoms with Crippen molar-refractivity contribution in [1.82, 2.24) is 19.6 Å². The van der Waals surface area contributed by atoms with Crippen LogP contribution in [0.25, 0.3) is 0 Å². The fraction of sp³-hybridized carbons (Fsp3) is 0.0952. The monoisotopic (exact) mass is 454 g/mol. The van der Waals surface area contributed by atoms with Gasteiger partial charge in [-0.15, -0.1) is 0 Å². The molecule has 1 amide bonds. The van der Waals surface area contributed by atoms with Gasteiger partial charge in [-0.3, -0.25) is 9.48 Å². The number of nitrogens with one attached hydrogen (secondary N) is 1. The van der Waals surface area contributed by atoms with E-state index in [1.165, 1.54) is 27.8 Å². The number of hydrogen-bond acceptors (Lipinski definition) is 5. The standard InChI is InChI=1S/C21H16ClFN6O3/c22-18-13-28(26-20(18)29(31)32)10-14-5-7-15(8-6-14)21(30)25-17-9-24-27(12-17)11-16-3-1-2-4-19(16)23/h1-9,12-13H,10-11H2,(H,25,30). The molecule has 0 unspecified atom stereocenters. The van der Waals surface area contributed by atoms with Gasteiger partial charge in [-0.25, -0.2) is 4.39 Å².